The van der Waals surface area contributed by atoms with Crippen molar-refractivity contribution >= 4 is 17.5 Å². The first kappa shape index (κ1) is 14.8. The Hall–Kier alpha value is -2.22. The Labute approximate surface area is 110 Å². The number of nitrogens with one attached hydrogen (secondary N) is 1. The molecule has 0 amide bonds. The van der Waals surface area contributed by atoms with Gasteiger partial charge < -0.3 is 15.3 Å². The van der Waals surface area contributed by atoms with Gasteiger partial charge in [0.25, 0.3) is 5.69 Å². The molecule has 0 saturated heterocycles. The number of anilines is 1. The molecule has 1 aromatic heterocycles. The van der Waals surface area contributed by atoms with E-state index in [1.165, 1.54) is 0 Å². The molecule has 1 aromatic rings. The Morgan fingerprint density at radius 3 is 2.84 bits per heavy atom. The molecule has 0 saturated carbocycles. The second-order valence-electron chi connectivity index (χ2n) is 4.01. The summed E-state index contributed by atoms with van der Waals surface area (Å²) in [5.74, 6) is -0.999. The predicted molar refractivity (Wildman–Crippen MR) is 69.7 cm³/mol. The second kappa shape index (κ2) is 6.64. The third-order valence-electron chi connectivity index (χ3n) is 2.58. The first-order valence-electron chi connectivity index (χ1n) is 5.70. The minimum absolute atomic E-state index is 0.166. The number of nitrogens with zero attached hydrogens (tertiary/aromatic N) is 3. The number of hydrogen-bond donors (Lipinski definition) is 2. The lowest BCUT2D eigenvalue weighted by atomic mass is 10.2. The number of carboxylic acids is 1. The van der Waals surface area contributed by atoms with Crippen molar-refractivity contribution in [1.29, 1.82) is 0 Å². The van der Waals surface area contributed by atoms with Gasteiger partial charge in [-0.1, -0.05) is 0 Å². The molecule has 19 heavy (non-hydrogen) atoms. The Balaban J connectivity index is 2.99. The van der Waals surface area contributed by atoms with E-state index < -0.39 is 10.9 Å². The Morgan fingerprint density at radius 2 is 2.32 bits per heavy atom. The van der Waals surface area contributed by atoms with Crippen LogP contribution in [0.3, 0.4) is 0 Å². The lowest BCUT2D eigenvalue weighted by Crippen LogP contribution is -2.25. The molecule has 0 spiro atoms. The molecule has 0 aliphatic rings. The van der Waals surface area contributed by atoms with Gasteiger partial charge >= 0.3 is 5.97 Å². The van der Waals surface area contributed by atoms with E-state index in [0.717, 1.165) is 25.2 Å². The number of carbonyl (C=O) groups is 1. The summed E-state index contributed by atoms with van der Waals surface area (Å²) < 4.78 is 0. The molecule has 0 unspecified atom stereocenters. The molecule has 0 aromatic carbocycles. The number of aromatic nitrogens is 1. The standard InChI is InChI=1S/C11H16N4O4/c1-12-4-3-5-14(2)10-9(11(16)17)6-8(7-13-10)15(18)19/h6-7,12H,3-5H2,1-2H3,(H,16,17). The highest BCUT2D eigenvalue weighted by Crippen LogP contribution is 2.21. The fourth-order valence-electron chi connectivity index (χ4n) is 1.61. The van der Waals surface area contributed by atoms with Crippen LogP contribution in [0.15, 0.2) is 12.3 Å². The monoisotopic (exact) mass is 268 g/mol. The van der Waals surface area contributed by atoms with Gasteiger partial charge in [-0.25, -0.2) is 9.78 Å². The predicted octanol–water partition coefficient (Wildman–Crippen LogP) is 0.734. The molecule has 2 N–H and O–H groups in total. The Bertz CT molecular complexity index is 478. The summed E-state index contributed by atoms with van der Waals surface area (Å²) in [5, 5.41) is 22.7. The van der Waals surface area contributed by atoms with Crippen LogP contribution in [-0.2, 0) is 0 Å². The number of nitro groups is 1. The molecule has 1 rings (SSSR count). The van der Waals surface area contributed by atoms with Crippen molar-refractivity contribution in [3.63, 3.8) is 0 Å². The fourth-order valence-corrected chi connectivity index (χ4v) is 1.61. The zero-order valence-electron chi connectivity index (χ0n) is 10.8. The minimum atomic E-state index is -1.23. The SMILES string of the molecule is CNCCCN(C)c1ncc([N+](=O)[O-])cc1C(=O)O. The van der Waals surface area contributed by atoms with Crippen molar-refractivity contribution in [2.75, 3.05) is 32.1 Å². The van der Waals surface area contributed by atoms with Crippen LogP contribution >= 0.6 is 0 Å². The maximum absolute atomic E-state index is 11.1. The summed E-state index contributed by atoms with van der Waals surface area (Å²) >= 11 is 0. The van der Waals surface area contributed by atoms with E-state index in [9.17, 15) is 14.9 Å². The van der Waals surface area contributed by atoms with Crippen LogP contribution in [-0.4, -0.2) is 48.2 Å². The topological polar surface area (TPSA) is 109 Å². The van der Waals surface area contributed by atoms with E-state index in [1.807, 2.05) is 7.05 Å². The summed E-state index contributed by atoms with van der Waals surface area (Å²) in [6.07, 6.45) is 1.88. The second-order valence-corrected chi connectivity index (χ2v) is 4.01. The number of rotatable bonds is 7. The van der Waals surface area contributed by atoms with Gasteiger partial charge in [-0.05, 0) is 20.0 Å². The van der Waals surface area contributed by atoms with Crippen molar-refractivity contribution < 1.29 is 14.8 Å². The summed E-state index contributed by atoms with van der Waals surface area (Å²) in [6, 6.07) is 1.03. The van der Waals surface area contributed by atoms with Crippen LogP contribution in [0.1, 0.15) is 16.8 Å². The van der Waals surface area contributed by atoms with Crippen LogP contribution < -0.4 is 10.2 Å². The van der Waals surface area contributed by atoms with Gasteiger partial charge in [0, 0.05) is 19.7 Å². The molecular weight excluding hydrogens is 252 g/mol. The van der Waals surface area contributed by atoms with E-state index >= 15 is 0 Å². The van der Waals surface area contributed by atoms with Crippen molar-refractivity contribution in [3.05, 3.63) is 27.9 Å². The maximum atomic E-state index is 11.1. The molecule has 0 bridgehead atoms. The molecule has 1 heterocycles. The average molecular weight is 268 g/mol. The molecule has 0 aliphatic carbocycles. The van der Waals surface area contributed by atoms with Gasteiger partial charge in [0.15, 0.2) is 0 Å². The zero-order valence-corrected chi connectivity index (χ0v) is 10.8. The highest BCUT2D eigenvalue weighted by molar-refractivity contribution is 5.94. The van der Waals surface area contributed by atoms with Crippen LogP contribution in [0, 0.1) is 10.1 Å². The van der Waals surface area contributed by atoms with Crippen molar-refractivity contribution in [2.24, 2.45) is 0 Å². The highest BCUT2D eigenvalue weighted by atomic mass is 16.6. The summed E-state index contributed by atoms with van der Waals surface area (Å²) in [7, 11) is 3.53. The molecule has 0 radical (unpaired) electrons. The Morgan fingerprint density at radius 1 is 1.63 bits per heavy atom. The number of hydrogen-bond acceptors (Lipinski definition) is 6. The third-order valence-corrected chi connectivity index (χ3v) is 2.58. The Kier molecular flexibility index (Phi) is 5.19. The van der Waals surface area contributed by atoms with Gasteiger partial charge in [0.05, 0.1) is 4.92 Å². The first-order chi connectivity index (χ1) is 8.97. The van der Waals surface area contributed by atoms with E-state index in [4.69, 9.17) is 5.11 Å². The number of pyridine rings is 1. The highest BCUT2D eigenvalue weighted by Gasteiger charge is 2.19. The minimum Gasteiger partial charge on any atom is -0.478 e. The van der Waals surface area contributed by atoms with E-state index in [2.05, 4.69) is 10.3 Å². The lowest BCUT2D eigenvalue weighted by Gasteiger charge is -2.19. The van der Waals surface area contributed by atoms with E-state index in [0.29, 0.717) is 6.54 Å². The van der Waals surface area contributed by atoms with Gasteiger partial charge in [-0.15, -0.1) is 0 Å². The summed E-state index contributed by atoms with van der Waals surface area (Å²) in [4.78, 5) is 26.6. The smallest absolute Gasteiger partial charge is 0.339 e. The average Bonchev–Trinajstić information content (AvgIpc) is 2.38. The molecule has 0 aliphatic heterocycles. The summed E-state index contributed by atoms with van der Waals surface area (Å²) in [6.45, 7) is 1.39. The largest absolute Gasteiger partial charge is 0.478 e. The van der Waals surface area contributed by atoms with E-state index in [-0.39, 0.29) is 17.1 Å². The van der Waals surface area contributed by atoms with Crippen LogP contribution in [0.25, 0.3) is 0 Å². The molecule has 8 nitrogen and oxygen atoms in total. The van der Waals surface area contributed by atoms with Gasteiger partial charge in [0.1, 0.15) is 17.6 Å². The lowest BCUT2D eigenvalue weighted by molar-refractivity contribution is -0.385. The first-order valence-corrected chi connectivity index (χ1v) is 5.70. The number of carboxylic acid groups (broad SMARTS) is 1. The summed E-state index contributed by atoms with van der Waals surface area (Å²) in [5.41, 5.74) is -0.495. The van der Waals surface area contributed by atoms with Crippen LogP contribution in [0.2, 0.25) is 0 Å². The van der Waals surface area contributed by atoms with Gasteiger partial charge in [-0.2, -0.15) is 0 Å². The van der Waals surface area contributed by atoms with Crippen LogP contribution in [0.5, 0.6) is 0 Å². The number of aromatic carboxylic acids is 1. The van der Waals surface area contributed by atoms with E-state index in [1.54, 1.807) is 11.9 Å². The molecule has 8 heteroatoms. The molecule has 104 valence electrons. The third kappa shape index (κ3) is 3.88. The molecule has 0 fully saturated rings. The van der Waals surface area contributed by atoms with Crippen molar-refractivity contribution in [1.82, 2.24) is 10.3 Å². The maximum Gasteiger partial charge on any atom is 0.339 e. The molecule has 0 atom stereocenters. The van der Waals surface area contributed by atoms with Crippen LogP contribution in [0.4, 0.5) is 11.5 Å². The van der Waals surface area contributed by atoms with Crippen molar-refractivity contribution in [2.45, 2.75) is 6.42 Å². The normalized spacial score (nSPS) is 10.2. The van der Waals surface area contributed by atoms with Crippen molar-refractivity contribution in [3.8, 4) is 0 Å². The van der Waals surface area contributed by atoms with Gasteiger partial charge in [-0.3, -0.25) is 10.1 Å². The molecular formula is C11H16N4O4. The van der Waals surface area contributed by atoms with Gasteiger partial charge in [0.2, 0.25) is 0 Å². The fraction of sp³-hybridized carbons (Fsp3) is 0.455. The zero-order chi connectivity index (χ0) is 14.4. The quantitative estimate of drug-likeness (QED) is 0.426.